The molecule has 0 spiro atoms. The van der Waals surface area contributed by atoms with Gasteiger partial charge in [-0.05, 0) is 54.7 Å². The van der Waals surface area contributed by atoms with Crippen molar-refractivity contribution < 1.29 is 22.7 Å². The summed E-state index contributed by atoms with van der Waals surface area (Å²) in [6.07, 6.45) is 1.03. The molecule has 0 aromatic heterocycles. The number of nitrogens with one attached hydrogen (secondary N) is 1. The lowest BCUT2D eigenvalue weighted by molar-refractivity contribution is 0.102. The average molecular weight is 433 g/mol. The number of sulfonamides is 1. The third-order valence-corrected chi connectivity index (χ3v) is 7.08. The number of carbonyl (C=O) groups is 1. The molecule has 7 nitrogen and oxygen atoms in total. The number of ether oxygens (including phenoxy) is 2. The van der Waals surface area contributed by atoms with Gasteiger partial charge in [0.1, 0.15) is 0 Å². The van der Waals surface area contributed by atoms with Crippen molar-refractivity contribution in [1.29, 1.82) is 0 Å². The molecule has 0 unspecified atom stereocenters. The fourth-order valence-corrected chi connectivity index (χ4v) is 5.53. The molecule has 2 aromatic carbocycles. The van der Waals surface area contributed by atoms with Gasteiger partial charge in [0.2, 0.25) is 10.0 Å². The Hall–Kier alpha value is -2.58. The zero-order chi connectivity index (χ0) is 21.9. The summed E-state index contributed by atoms with van der Waals surface area (Å²) in [6.45, 7) is 5.18. The van der Waals surface area contributed by atoms with E-state index in [4.69, 9.17) is 9.47 Å². The quantitative estimate of drug-likeness (QED) is 0.754. The van der Waals surface area contributed by atoms with E-state index in [1.54, 1.807) is 22.5 Å². The van der Waals surface area contributed by atoms with Crippen LogP contribution in [-0.4, -0.2) is 45.9 Å². The van der Waals surface area contributed by atoms with Gasteiger partial charge in [-0.25, -0.2) is 8.42 Å². The molecule has 30 heavy (non-hydrogen) atoms. The molecule has 1 fully saturated rings. The van der Waals surface area contributed by atoms with Gasteiger partial charge in [-0.1, -0.05) is 13.8 Å². The molecule has 1 aliphatic heterocycles. The van der Waals surface area contributed by atoms with Gasteiger partial charge in [0.25, 0.3) is 5.91 Å². The Kier molecular flexibility index (Phi) is 6.67. The highest BCUT2D eigenvalue weighted by molar-refractivity contribution is 7.89. The maximum atomic E-state index is 13.0. The van der Waals surface area contributed by atoms with Crippen LogP contribution in [0.1, 0.15) is 30.6 Å². The lowest BCUT2D eigenvalue weighted by Gasteiger charge is -2.34. The summed E-state index contributed by atoms with van der Waals surface area (Å²) in [5, 5.41) is 2.78. The molecule has 1 heterocycles. The summed E-state index contributed by atoms with van der Waals surface area (Å²) in [7, 11) is -0.516. The molecule has 0 bridgehead atoms. The van der Waals surface area contributed by atoms with E-state index in [0.717, 1.165) is 6.42 Å². The zero-order valence-electron chi connectivity index (χ0n) is 17.7. The van der Waals surface area contributed by atoms with Crippen molar-refractivity contribution in [2.24, 2.45) is 11.8 Å². The highest BCUT2D eigenvalue weighted by Gasteiger charge is 2.31. The molecule has 1 N–H and O–H groups in total. The normalized spacial score (nSPS) is 19.9. The third-order valence-electron chi connectivity index (χ3n) is 5.23. The predicted molar refractivity (Wildman–Crippen MR) is 116 cm³/mol. The summed E-state index contributed by atoms with van der Waals surface area (Å²) in [5.74, 6) is 1.38. The van der Waals surface area contributed by atoms with Crippen LogP contribution in [0.5, 0.6) is 11.5 Å². The number of amides is 1. The summed E-state index contributed by atoms with van der Waals surface area (Å²) < 4.78 is 37.9. The van der Waals surface area contributed by atoms with Gasteiger partial charge >= 0.3 is 0 Å². The van der Waals surface area contributed by atoms with E-state index in [1.165, 1.54) is 38.5 Å². The zero-order valence-corrected chi connectivity index (χ0v) is 18.5. The molecular weight excluding hydrogens is 404 g/mol. The Morgan fingerprint density at radius 3 is 2.13 bits per heavy atom. The second-order valence-electron chi connectivity index (χ2n) is 7.82. The van der Waals surface area contributed by atoms with Gasteiger partial charge in [-0.3, -0.25) is 4.79 Å². The molecule has 2 atom stereocenters. The molecule has 2 aromatic rings. The first kappa shape index (κ1) is 22.1. The first-order valence-corrected chi connectivity index (χ1v) is 11.3. The minimum atomic E-state index is -3.57. The lowest BCUT2D eigenvalue weighted by Crippen LogP contribution is -2.42. The first-order chi connectivity index (χ1) is 14.2. The number of piperidine rings is 1. The Morgan fingerprint density at radius 2 is 1.57 bits per heavy atom. The van der Waals surface area contributed by atoms with Crippen LogP contribution in [0.2, 0.25) is 0 Å². The lowest BCUT2D eigenvalue weighted by atomic mass is 9.94. The number of rotatable bonds is 6. The van der Waals surface area contributed by atoms with E-state index in [1.807, 2.05) is 0 Å². The molecule has 0 radical (unpaired) electrons. The fraction of sp³-hybridized carbons (Fsp3) is 0.409. The molecule has 1 aliphatic rings. The number of nitrogens with zero attached hydrogens (tertiary/aromatic N) is 1. The Labute approximate surface area is 178 Å². The van der Waals surface area contributed by atoms with E-state index >= 15 is 0 Å². The topological polar surface area (TPSA) is 84.9 Å². The van der Waals surface area contributed by atoms with Gasteiger partial charge in [0, 0.05) is 30.4 Å². The summed E-state index contributed by atoms with van der Waals surface area (Å²) >= 11 is 0. The minimum absolute atomic E-state index is 0.200. The van der Waals surface area contributed by atoms with Crippen LogP contribution < -0.4 is 14.8 Å². The molecule has 0 aliphatic carbocycles. The number of anilines is 1. The highest BCUT2D eigenvalue weighted by Crippen LogP contribution is 2.30. The van der Waals surface area contributed by atoms with Crippen LogP contribution >= 0.6 is 0 Å². The van der Waals surface area contributed by atoms with Gasteiger partial charge in [0.05, 0.1) is 19.1 Å². The highest BCUT2D eigenvalue weighted by atomic mass is 32.2. The number of methoxy groups -OCH3 is 2. The maximum absolute atomic E-state index is 13.0. The molecule has 3 rings (SSSR count). The third kappa shape index (κ3) is 4.76. The fourth-order valence-electron chi connectivity index (χ4n) is 3.85. The van der Waals surface area contributed by atoms with E-state index in [2.05, 4.69) is 19.2 Å². The van der Waals surface area contributed by atoms with Gasteiger partial charge in [0.15, 0.2) is 11.5 Å². The molecule has 162 valence electrons. The van der Waals surface area contributed by atoms with Crippen LogP contribution in [0.3, 0.4) is 0 Å². The number of benzene rings is 2. The van der Waals surface area contributed by atoms with E-state index < -0.39 is 10.0 Å². The number of carbonyl (C=O) groups excluding carboxylic acids is 1. The van der Waals surface area contributed by atoms with Crippen LogP contribution in [0.15, 0.2) is 47.4 Å². The van der Waals surface area contributed by atoms with Crippen molar-refractivity contribution in [3.8, 4) is 11.5 Å². The van der Waals surface area contributed by atoms with E-state index in [-0.39, 0.29) is 10.8 Å². The maximum Gasteiger partial charge on any atom is 0.255 e. The van der Waals surface area contributed by atoms with Crippen LogP contribution in [-0.2, 0) is 10.0 Å². The van der Waals surface area contributed by atoms with E-state index in [9.17, 15) is 13.2 Å². The monoisotopic (exact) mass is 432 g/mol. The van der Waals surface area contributed by atoms with Crippen molar-refractivity contribution in [2.75, 3.05) is 32.6 Å². The molecule has 8 heteroatoms. The van der Waals surface area contributed by atoms with Crippen molar-refractivity contribution in [1.82, 2.24) is 4.31 Å². The Balaban J connectivity index is 1.74. The minimum Gasteiger partial charge on any atom is -0.493 e. The Bertz CT molecular complexity index is 995. The van der Waals surface area contributed by atoms with Crippen molar-refractivity contribution in [3.63, 3.8) is 0 Å². The van der Waals surface area contributed by atoms with Crippen molar-refractivity contribution in [2.45, 2.75) is 25.2 Å². The van der Waals surface area contributed by atoms with Crippen molar-refractivity contribution in [3.05, 3.63) is 48.0 Å². The number of hydrogen-bond acceptors (Lipinski definition) is 5. The first-order valence-electron chi connectivity index (χ1n) is 9.88. The second kappa shape index (κ2) is 9.06. The summed E-state index contributed by atoms with van der Waals surface area (Å²) in [5.41, 5.74) is 0.912. The standard InChI is InChI=1S/C22H28N2O5S/c1-15-11-16(2)14-24(13-15)30(26,27)19-8-5-17(6-9-19)22(25)23-18-7-10-20(28-3)21(12-18)29-4/h5-10,12,15-16H,11,13-14H2,1-4H3,(H,23,25)/t15-,16+. The number of hydrogen-bond donors (Lipinski definition) is 1. The second-order valence-corrected chi connectivity index (χ2v) is 9.75. The average Bonchev–Trinajstić information content (AvgIpc) is 2.73. The van der Waals surface area contributed by atoms with Gasteiger partial charge in [-0.15, -0.1) is 0 Å². The van der Waals surface area contributed by atoms with Gasteiger partial charge in [-0.2, -0.15) is 4.31 Å². The summed E-state index contributed by atoms with van der Waals surface area (Å²) in [4.78, 5) is 12.8. The SMILES string of the molecule is COc1ccc(NC(=O)c2ccc(S(=O)(=O)N3C[C@H](C)C[C@H](C)C3)cc2)cc1OC. The smallest absolute Gasteiger partial charge is 0.255 e. The van der Waals surface area contributed by atoms with Crippen LogP contribution in [0, 0.1) is 11.8 Å². The van der Waals surface area contributed by atoms with Gasteiger partial charge < -0.3 is 14.8 Å². The van der Waals surface area contributed by atoms with E-state index in [0.29, 0.717) is 47.7 Å². The Morgan fingerprint density at radius 1 is 0.967 bits per heavy atom. The largest absolute Gasteiger partial charge is 0.493 e. The van der Waals surface area contributed by atoms with Crippen LogP contribution in [0.4, 0.5) is 5.69 Å². The predicted octanol–water partition coefficient (Wildman–Crippen LogP) is 3.62. The summed E-state index contributed by atoms with van der Waals surface area (Å²) in [6, 6.07) is 11.1. The molecule has 1 saturated heterocycles. The molecule has 0 saturated carbocycles. The molecule has 1 amide bonds. The van der Waals surface area contributed by atoms with Crippen LogP contribution in [0.25, 0.3) is 0 Å². The molecular formula is C22H28N2O5S. The van der Waals surface area contributed by atoms with Crippen molar-refractivity contribution >= 4 is 21.6 Å².